The average molecular weight is 321 g/mol. The number of nitrogens with zero attached hydrogens (tertiary/aromatic N) is 5. The number of hydrogen-bond acceptors (Lipinski definition) is 7. The Balaban J connectivity index is 1.74. The molecule has 1 aromatic carbocycles. The lowest BCUT2D eigenvalue weighted by atomic mass is 10.1. The first-order valence-electron chi connectivity index (χ1n) is 7.19. The van der Waals surface area contributed by atoms with Crippen molar-refractivity contribution in [1.29, 1.82) is 5.26 Å². The lowest BCUT2D eigenvalue weighted by Gasteiger charge is -2.09. The van der Waals surface area contributed by atoms with Crippen LogP contribution in [-0.4, -0.2) is 26.1 Å². The van der Waals surface area contributed by atoms with Gasteiger partial charge in [-0.1, -0.05) is 0 Å². The van der Waals surface area contributed by atoms with Crippen LogP contribution < -0.4 is 16.2 Å². The molecule has 0 spiro atoms. The van der Waals surface area contributed by atoms with Crippen LogP contribution in [0.25, 0.3) is 11.3 Å². The fourth-order valence-corrected chi connectivity index (χ4v) is 2.21. The largest absolute Gasteiger partial charge is 0.492 e. The zero-order valence-electron chi connectivity index (χ0n) is 12.8. The normalized spacial score (nSPS) is 10.3. The fraction of sp³-hybridized carbons (Fsp3) is 0.125. The summed E-state index contributed by atoms with van der Waals surface area (Å²) >= 11 is 0. The van der Waals surface area contributed by atoms with Crippen molar-refractivity contribution in [1.82, 2.24) is 19.5 Å². The molecule has 24 heavy (non-hydrogen) atoms. The van der Waals surface area contributed by atoms with Crippen molar-refractivity contribution in [2.45, 2.75) is 6.54 Å². The van der Waals surface area contributed by atoms with Crippen molar-refractivity contribution >= 4 is 11.8 Å². The summed E-state index contributed by atoms with van der Waals surface area (Å²) in [6, 6.07) is 9.22. The Labute approximate surface area is 138 Å². The zero-order valence-corrected chi connectivity index (χ0v) is 12.8. The first-order valence-corrected chi connectivity index (χ1v) is 7.19. The van der Waals surface area contributed by atoms with E-state index in [0.717, 1.165) is 0 Å². The van der Waals surface area contributed by atoms with Gasteiger partial charge in [0.05, 0.1) is 18.6 Å². The van der Waals surface area contributed by atoms with E-state index in [4.69, 9.17) is 16.2 Å². The van der Waals surface area contributed by atoms with Crippen molar-refractivity contribution in [3.8, 4) is 23.1 Å². The van der Waals surface area contributed by atoms with Gasteiger partial charge in [0.25, 0.3) is 0 Å². The summed E-state index contributed by atoms with van der Waals surface area (Å²) in [4.78, 5) is 11.9. The van der Waals surface area contributed by atoms with Crippen LogP contribution in [0.1, 0.15) is 5.56 Å². The van der Waals surface area contributed by atoms with Crippen LogP contribution in [0.5, 0.6) is 5.75 Å². The number of nitrogens with two attached hydrogens (primary N) is 2. The number of hydrogen-bond donors (Lipinski definition) is 2. The third kappa shape index (κ3) is 3.25. The summed E-state index contributed by atoms with van der Waals surface area (Å²) in [5.74, 6) is 0.815. The quantitative estimate of drug-likeness (QED) is 0.727. The highest BCUT2D eigenvalue weighted by atomic mass is 16.5. The molecule has 0 fully saturated rings. The van der Waals surface area contributed by atoms with Gasteiger partial charge in [0.15, 0.2) is 0 Å². The number of anilines is 2. The van der Waals surface area contributed by atoms with Crippen LogP contribution in [0.4, 0.5) is 11.8 Å². The van der Waals surface area contributed by atoms with Crippen molar-refractivity contribution in [3.05, 3.63) is 48.5 Å². The van der Waals surface area contributed by atoms with E-state index in [-0.39, 0.29) is 17.3 Å². The molecule has 0 amide bonds. The van der Waals surface area contributed by atoms with E-state index < -0.39 is 0 Å². The van der Waals surface area contributed by atoms with Gasteiger partial charge in [-0.3, -0.25) is 0 Å². The molecule has 0 aliphatic rings. The third-order valence-corrected chi connectivity index (χ3v) is 3.37. The predicted molar refractivity (Wildman–Crippen MR) is 88.7 cm³/mol. The Bertz CT molecular complexity index is 867. The molecule has 0 saturated heterocycles. The van der Waals surface area contributed by atoms with Crippen LogP contribution >= 0.6 is 0 Å². The minimum Gasteiger partial charge on any atom is -0.492 e. The van der Waals surface area contributed by atoms with E-state index in [1.54, 1.807) is 36.8 Å². The van der Waals surface area contributed by atoms with Crippen LogP contribution in [-0.2, 0) is 6.54 Å². The molecule has 8 nitrogen and oxygen atoms in total. The first-order chi connectivity index (χ1) is 11.7. The van der Waals surface area contributed by atoms with Crippen molar-refractivity contribution in [2.75, 3.05) is 18.1 Å². The van der Waals surface area contributed by atoms with Crippen LogP contribution in [0.15, 0.2) is 43.0 Å². The number of aromatic nitrogens is 4. The second-order valence-electron chi connectivity index (χ2n) is 4.98. The van der Waals surface area contributed by atoms with Crippen molar-refractivity contribution < 1.29 is 4.74 Å². The highest BCUT2D eigenvalue weighted by Crippen LogP contribution is 2.26. The molecule has 120 valence electrons. The summed E-state index contributed by atoms with van der Waals surface area (Å²) in [6.45, 7) is 1.23. The minimum absolute atomic E-state index is 0.0298. The lowest BCUT2D eigenvalue weighted by molar-refractivity contribution is 0.298. The lowest BCUT2D eigenvalue weighted by Crippen LogP contribution is -2.06. The fourth-order valence-electron chi connectivity index (χ4n) is 2.21. The highest BCUT2D eigenvalue weighted by Gasteiger charge is 2.13. The van der Waals surface area contributed by atoms with Gasteiger partial charge in [-0.25, -0.2) is 9.97 Å². The summed E-state index contributed by atoms with van der Waals surface area (Å²) in [5, 5.41) is 9.23. The number of nitrogen functional groups attached to an aromatic ring is 2. The van der Waals surface area contributed by atoms with Crippen molar-refractivity contribution in [2.24, 2.45) is 0 Å². The van der Waals surface area contributed by atoms with Crippen LogP contribution in [0, 0.1) is 11.3 Å². The number of ether oxygens (including phenoxy) is 1. The number of benzene rings is 1. The SMILES string of the molecule is N#Cc1c(N)nc(N)nc1-c1ccc(OCCn2ccnc2)cc1. The molecule has 0 saturated carbocycles. The van der Waals surface area contributed by atoms with E-state index >= 15 is 0 Å². The Morgan fingerprint density at radius 2 is 1.96 bits per heavy atom. The van der Waals surface area contributed by atoms with Crippen LogP contribution in [0.3, 0.4) is 0 Å². The topological polar surface area (TPSA) is 129 Å². The minimum atomic E-state index is 0.0298. The highest BCUT2D eigenvalue weighted by molar-refractivity contribution is 5.73. The third-order valence-electron chi connectivity index (χ3n) is 3.37. The predicted octanol–water partition coefficient (Wildman–Crippen LogP) is 1.46. The van der Waals surface area contributed by atoms with Gasteiger partial charge < -0.3 is 20.8 Å². The van der Waals surface area contributed by atoms with Crippen LogP contribution in [0.2, 0.25) is 0 Å². The molecule has 4 N–H and O–H groups in total. The zero-order chi connectivity index (χ0) is 16.9. The molecule has 0 aliphatic carbocycles. The maximum absolute atomic E-state index is 9.23. The summed E-state index contributed by atoms with van der Waals surface area (Å²) in [6.07, 6.45) is 5.33. The summed E-state index contributed by atoms with van der Waals surface area (Å²) in [7, 11) is 0. The van der Waals surface area contributed by atoms with Gasteiger partial charge in [-0.05, 0) is 24.3 Å². The first kappa shape index (κ1) is 15.3. The van der Waals surface area contributed by atoms with E-state index in [1.807, 2.05) is 16.8 Å². The molecule has 2 heterocycles. The maximum Gasteiger partial charge on any atom is 0.222 e. The van der Waals surface area contributed by atoms with E-state index in [2.05, 4.69) is 15.0 Å². The van der Waals surface area contributed by atoms with Gasteiger partial charge in [-0.15, -0.1) is 0 Å². The molecule has 0 atom stereocenters. The van der Waals surface area contributed by atoms with E-state index in [1.165, 1.54) is 0 Å². The summed E-state index contributed by atoms with van der Waals surface area (Å²) < 4.78 is 7.61. The molecule has 0 unspecified atom stereocenters. The molecule has 0 radical (unpaired) electrons. The average Bonchev–Trinajstić information content (AvgIpc) is 3.08. The van der Waals surface area contributed by atoms with E-state index in [0.29, 0.717) is 30.2 Å². The maximum atomic E-state index is 9.23. The number of nitriles is 1. The molecule has 0 aliphatic heterocycles. The standard InChI is InChI=1S/C16H15N7O/c17-9-13-14(21-16(19)22-15(13)18)11-1-3-12(4-2-11)24-8-7-23-6-5-20-10-23/h1-6,10H,7-8H2,(H4,18,19,21,22). The monoisotopic (exact) mass is 321 g/mol. The molecule has 3 aromatic rings. The molecule has 8 heteroatoms. The van der Waals surface area contributed by atoms with Gasteiger partial charge >= 0.3 is 0 Å². The molecule has 0 bridgehead atoms. The second-order valence-corrected chi connectivity index (χ2v) is 4.98. The van der Waals surface area contributed by atoms with E-state index in [9.17, 15) is 5.26 Å². The molecule has 2 aromatic heterocycles. The van der Waals surface area contributed by atoms with Gasteiger partial charge in [0.1, 0.15) is 29.8 Å². The number of rotatable bonds is 5. The van der Waals surface area contributed by atoms with Gasteiger partial charge in [0, 0.05) is 18.0 Å². The Morgan fingerprint density at radius 3 is 2.62 bits per heavy atom. The second kappa shape index (κ2) is 6.66. The molecule has 3 rings (SSSR count). The number of imidazole rings is 1. The molecular weight excluding hydrogens is 306 g/mol. The molecular formula is C16H15N7O. The Morgan fingerprint density at radius 1 is 1.17 bits per heavy atom. The Kier molecular flexibility index (Phi) is 4.25. The smallest absolute Gasteiger partial charge is 0.222 e. The van der Waals surface area contributed by atoms with Gasteiger partial charge in [0.2, 0.25) is 5.95 Å². The van der Waals surface area contributed by atoms with Crippen molar-refractivity contribution in [3.63, 3.8) is 0 Å². The van der Waals surface area contributed by atoms with Gasteiger partial charge in [-0.2, -0.15) is 10.2 Å². The Hall–Kier alpha value is -3.60. The summed E-state index contributed by atoms with van der Waals surface area (Å²) in [5.41, 5.74) is 12.7.